The summed E-state index contributed by atoms with van der Waals surface area (Å²) in [6, 6.07) is 0. The number of piperidine rings is 1. The maximum absolute atomic E-state index is 14.6. The van der Waals surface area contributed by atoms with Crippen molar-refractivity contribution in [2.75, 3.05) is 13.1 Å². The normalized spacial score (nSPS) is 29.0. The second kappa shape index (κ2) is 14.1. The molecule has 4 unspecified atom stereocenters. The van der Waals surface area contributed by atoms with Gasteiger partial charge in [-0.2, -0.15) is 0 Å². The van der Waals surface area contributed by atoms with Crippen LogP contribution >= 0.6 is 0 Å². The summed E-state index contributed by atoms with van der Waals surface area (Å²) in [6.07, 6.45) is 16.9. The van der Waals surface area contributed by atoms with Gasteiger partial charge in [0.15, 0.2) is 11.6 Å². The van der Waals surface area contributed by atoms with Crippen molar-refractivity contribution in [2.45, 2.75) is 137 Å². The van der Waals surface area contributed by atoms with E-state index in [1.807, 2.05) is 71.6 Å². The standard InChI is InChI=1S/C44H57NO7/c1-26(2)14-13-19-43(8)20-18-30-35(46)34-36(47)32-24-29-25-33(38(32)50-39(34)31(37(30)51-43)16-15-27(3)4)42(6,7)52-44(9,40(29)48)21-17-28(5)41(49)45-22-11-10-12-23-45/h14-15,17-18,20,24,29,33,38,46H,10-13,16,19,21-23,25H2,1-9H3/b28-17-/t29?,33?,38-,43?,44?/m0/s1. The number of carbonyl (C=O) groups excluding carboxylic acids is 3. The lowest BCUT2D eigenvalue weighted by atomic mass is 9.69. The number of amides is 1. The van der Waals surface area contributed by atoms with Crippen molar-refractivity contribution in [3.05, 3.63) is 69.4 Å². The number of ketones is 2. The first kappa shape index (κ1) is 37.8. The molecule has 280 valence electrons. The summed E-state index contributed by atoms with van der Waals surface area (Å²) in [5.41, 5.74) is 1.93. The number of benzene rings is 1. The average Bonchev–Trinajstić information content (AvgIpc) is 3.14. The van der Waals surface area contributed by atoms with E-state index < -0.39 is 28.8 Å². The van der Waals surface area contributed by atoms with E-state index in [4.69, 9.17) is 14.2 Å². The van der Waals surface area contributed by atoms with Crippen molar-refractivity contribution in [3.63, 3.8) is 0 Å². The maximum atomic E-state index is 14.6. The Morgan fingerprint density at radius 3 is 2.33 bits per heavy atom. The van der Waals surface area contributed by atoms with Gasteiger partial charge >= 0.3 is 0 Å². The second-order valence-electron chi connectivity index (χ2n) is 17.0. The van der Waals surface area contributed by atoms with Crippen LogP contribution in [0.4, 0.5) is 0 Å². The van der Waals surface area contributed by atoms with Crippen molar-refractivity contribution < 1.29 is 33.7 Å². The molecular weight excluding hydrogens is 654 g/mol. The van der Waals surface area contributed by atoms with Crippen LogP contribution in [0.25, 0.3) is 6.08 Å². The maximum Gasteiger partial charge on any atom is 0.249 e. The summed E-state index contributed by atoms with van der Waals surface area (Å²) < 4.78 is 20.5. The fourth-order valence-electron chi connectivity index (χ4n) is 8.65. The molecule has 52 heavy (non-hydrogen) atoms. The van der Waals surface area contributed by atoms with Gasteiger partial charge in [0.1, 0.15) is 40.1 Å². The Kier molecular flexibility index (Phi) is 10.3. The molecule has 2 saturated heterocycles. The Balaban J connectivity index is 1.37. The first-order chi connectivity index (χ1) is 24.4. The molecule has 2 bridgehead atoms. The highest BCUT2D eigenvalue weighted by Gasteiger charge is 2.57. The predicted octanol–water partition coefficient (Wildman–Crippen LogP) is 8.80. The molecule has 5 aliphatic rings. The number of ether oxygens (including phenoxy) is 3. The third-order valence-electron chi connectivity index (χ3n) is 11.7. The van der Waals surface area contributed by atoms with Crippen LogP contribution < -0.4 is 9.47 Å². The van der Waals surface area contributed by atoms with Crippen molar-refractivity contribution in [3.8, 4) is 17.2 Å². The molecule has 0 spiro atoms. The largest absolute Gasteiger partial charge is 0.506 e. The number of carbonyl (C=O) groups is 3. The lowest BCUT2D eigenvalue weighted by Gasteiger charge is -2.45. The number of aromatic hydroxyl groups is 1. The molecule has 1 amide bonds. The number of phenols is 1. The summed E-state index contributed by atoms with van der Waals surface area (Å²) in [6.45, 7) is 19.3. The molecule has 0 saturated carbocycles. The van der Waals surface area contributed by atoms with E-state index >= 15 is 0 Å². The van der Waals surface area contributed by atoms with Gasteiger partial charge in [-0.25, -0.2) is 0 Å². The Bertz CT molecular complexity index is 1810. The smallest absolute Gasteiger partial charge is 0.249 e. The molecule has 1 aliphatic carbocycles. The zero-order chi connectivity index (χ0) is 37.7. The molecule has 1 N–H and O–H groups in total. The van der Waals surface area contributed by atoms with E-state index in [1.54, 1.807) is 6.08 Å². The summed E-state index contributed by atoms with van der Waals surface area (Å²) in [7, 11) is 0. The molecule has 1 aromatic carbocycles. The van der Waals surface area contributed by atoms with Gasteiger partial charge in [0.25, 0.3) is 0 Å². The molecule has 2 fully saturated rings. The minimum absolute atomic E-state index is 0.00530. The van der Waals surface area contributed by atoms with Crippen LogP contribution in [0.3, 0.4) is 0 Å². The topological polar surface area (TPSA) is 102 Å². The number of Topliss-reactive ketones (excluding diaryl/α,β-unsaturated/α-hetero) is 2. The highest BCUT2D eigenvalue weighted by Crippen LogP contribution is 2.55. The lowest BCUT2D eigenvalue weighted by molar-refractivity contribution is -0.171. The number of hydrogen-bond acceptors (Lipinski definition) is 7. The van der Waals surface area contributed by atoms with Crippen molar-refractivity contribution in [1.29, 1.82) is 0 Å². The molecule has 8 heteroatoms. The van der Waals surface area contributed by atoms with Crippen LogP contribution in [0.15, 0.2) is 52.7 Å². The molecule has 4 aliphatic heterocycles. The lowest BCUT2D eigenvalue weighted by Crippen LogP contribution is -2.50. The summed E-state index contributed by atoms with van der Waals surface area (Å²) >= 11 is 0. The molecule has 5 atom stereocenters. The van der Waals surface area contributed by atoms with Gasteiger partial charge < -0.3 is 24.2 Å². The summed E-state index contributed by atoms with van der Waals surface area (Å²) in [5.74, 6) is -0.675. The molecule has 4 heterocycles. The van der Waals surface area contributed by atoms with Crippen molar-refractivity contribution in [1.82, 2.24) is 4.90 Å². The van der Waals surface area contributed by atoms with Crippen LogP contribution in [0.5, 0.6) is 17.2 Å². The van der Waals surface area contributed by atoms with Gasteiger partial charge in [0.05, 0.1) is 11.2 Å². The number of fused-ring (bicyclic) bond motifs is 6. The van der Waals surface area contributed by atoms with Gasteiger partial charge in [-0.1, -0.05) is 35.5 Å². The van der Waals surface area contributed by atoms with E-state index in [0.717, 1.165) is 56.3 Å². The molecule has 0 aromatic heterocycles. The van der Waals surface area contributed by atoms with Crippen LogP contribution in [-0.4, -0.2) is 63.5 Å². The fraction of sp³-hybridized carbons (Fsp3) is 0.568. The minimum Gasteiger partial charge on any atom is -0.506 e. The highest BCUT2D eigenvalue weighted by atomic mass is 16.5. The number of phenolic OH excluding ortho intramolecular Hbond substituents is 1. The van der Waals surface area contributed by atoms with Crippen LogP contribution in [0.2, 0.25) is 0 Å². The SMILES string of the molecule is CC(C)=CCCC1(C)C=Cc2c(O)c3c(c(CC=C(C)C)c2O1)O[C@H]1C(=CC2CC1C(C)(C)OC(C)(C/C=C(/C)C(=O)N1CCCCC1)C2=O)C3=O. The van der Waals surface area contributed by atoms with E-state index in [1.165, 1.54) is 5.57 Å². The second-order valence-corrected chi connectivity index (χ2v) is 17.0. The van der Waals surface area contributed by atoms with Crippen LogP contribution in [0.1, 0.15) is 129 Å². The fourth-order valence-corrected chi connectivity index (χ4v) is 8.65. The third-order valence-corrected chi connectivity index (χ3v) is 11.7. The molecule has 1 aromatic rings. The molecular formula is C44H57NO7. The van der Waals surface area contributed by atoms with Crippen LogP contribution in [-0.2, 0) is 20.7 Å². The third kappa shape index (κ3) is 7.07. The van der Waals surface area contributed by atoms with Crippen LogP contribution in [0, 0.1) is 11.8 Å². The van der Waals surface area contributed by atoms with Crippen molar-refractivity contribution >= 4 is 23.5 Å². The molecule has 6 rings (SSSR count). The minimum atomic E-state index is -1.22. The van der Waals surface area contributed by atoms with E-state index in [-0.39, 0.29) is 41.1 Å². The van der Waals surface area contributed by atoms with Gasteiger partial charge in [-0.15, -0.1) is 0 Å². The number of allylic oxidation sites excluding steroid dienone is 5. The van der Waals surface area contributed by atoms with Gasteiger partial charge in [-0.3, -0.25) is 14.4 Å². The number of hydrogen-bond donors (Lipinski definition) is 1. The summed E-state index contributed by atoms with van der Waals surface area (Å²) in [5, 5.41) is 11.8. The number of nitrogens with zero attached hydrogens (tertiary/aromatic N) is 1. The van der Waals surface area contributed by atoms with Gasteiger partial charge in [0.2, 0.25) is 5.91 Å². The number of rotatable bonds is 8. The van der Waals surface area contributed by atoms with Gasteiger partial charge in [-0.05, 0) is 119 Å². The highest BCUT2D eigenvalue weighted by molar-refractivity contribution is 6.16. The monoisotopic (exact) mass is 711 g/mol. The number of likely N-dealkylation sites (tertiary alicyclic amines) is 1. The first-order valence-corrected chi connectivity index (χ1v) is 19.1. The van der Waals surface area contributed by atoms with E-state index in [2.05, 4.69) is 26.0 Å². The predicted molar refractivity (Wildman–Crippen MR) is 204 cm³/mol. The Morgan fingerprint density at radius 2 is 1.65 bits per heavy atom. The quantitative estimate of drug-likeness (QED) is 0.212. The zero-order valence-electron chi connectivity index (χ0n) is 32.6. The Hall–Kier alpha value is -3.91. The zero-order valence-corrected chi connectivity index (χ0v) is 32.6. The summed E-state index contributed by atoms with van der Waals surface area (Å²) in [4.78, 5) is 44.1. The average molecular weight is 712 g/mol. The van der Waals surface area contributed by atoms with Crippen molar-refractivity contribution in [2.24, 2.45) is 11.8 Å². The first-order valence-electron chi connectivity index (χ1n) is 19.1. The van der Waals surface area contributed by atoms with E-state index in [9.17, 15) is 19.5 Å². The molecule has 0 radical (unpaired) electrons. The van der Waals surface area contributed by atoms with Gasteiger partial charge in [0, 0.05) is 48.1 Å². The molecule has 8 nitrogen and oxygen atoms in total. The Labute approximate surface area is 309 Å². The van der Waals surface area contributed by atoms with E-state index in [0.29, 0.717) is 41.1 Å². The Morgan fingerprint density at radius 1 is 0.962 bits per heavy atom.